The zero-order valence-corrected chi connectivity index (χ0v) is 11.6. The number of aliphatic hydroxyl groups excluding tert-OH is 2. The highest BCUT2D eigenvalue weighted by molar-refractivity contribution is 5.83. The third-order valence-corrected chi connectivity index (χ3v) is 3.51. The van der Waals surface area contributed by atoms with Crippen molar-refractivity contribution < 1.29 is 19.3 Å². The summed E-state index contributed by atoms with van der Waals surface area (Å²) in [5.41, 5.74) is 0.923. The van der Waals surface area contributed by atoms with Gasteiger partial charge in [-0.2, -0.15) is 0 Å². The maximum atomic E-state index is 14.2. The molecular weight excluding hydrogens is 281 g/mol. The highest BCUT2D eigenvalue weighted by Gasteiger charge is 2.45. The normalized spacial score (nSPS) is 29.2. The summed E-state index contributed by atoms with van der Waals surface area (Å²) in [6.45, 7) is -0.456. The molecule has 2 aromatic heterocycles. The zero-order valence-electron chi connectivity index (χ0n) is 11.6. The molecule has 0 saturated carbocycles. The van der Waals surface area contributed by atoms with E-state index in [0.29, 0.717) is 17.0 Å². The molecule has 1 saturated heterocycles. The van der Waals surface area contributed by atoms with E-state index in [2.05, 4.69) is 15.0 Å². The maximum absolute atomic E-state index is 14.2. The van der Waals surface area contributed by atoms with Gasteiger partial charge in [-0.1, -0.05) is 0 Å². The molecule has 0 aliphatic carbocycles. The van der Waals surface area contributed by atoms with Crippen LogP contribution in [0.1, 0.15) is 6.23 Å². The summed E-state index contributed by atoms with van der Waals surface area (Å²) in [7, 11) is 3.63. The summed E-state index contributed by atoms with van der Waals surface area (Å²) < 4.78 is 21.0. The minimum Gasteiger partial charge on any atom is -0.394 e. The number of alkyl halides is 1. The number of aromatic nitrogens is 4. The molecule has 0 aromatic carbocycles. The fourth-order valence-electron chi connectivity index (χ4n) is 2.43. The first-order valence-corrected chi connectivity index (χ1v) is 6.48. The lowest BCUT2D eigenvalue weighted by atomic mass is 10.1. The first-order valence-electron chi connectivity index (χ1n) is 6.48. The summed E-state index contributed by atoms with van der Waals surface area (Å²) >= 11 is 0. The average Bonchev–Trinajstić information content (AvgIpc) is 3.01. The van der Waals surface area contributed by atoms with Gasteiger partial charge in [0, 0.05) is 14.1 Å². The number of nitrogens with zero attached hydrogens (tertiary/aromatic N) is 5. The minimum absolute atomic E-state index is 0.409. The number of rotatable bonds is 3. The molecule has 1 aliphatic heterocycles. The predicted octanol–water partition coefficient (Wildman–Crippen LogP) is -0.519. The topological polar surface area (TPSA) is 96.5 Å². The lowest BCUT2D eigenvalue weighted by Gasteiger charge is -2.15. The van der Waals surface area contributed by atoms with E-state index < -0.39 is 31.2 Å². The summed E-state index contributed by atoms with van der Waals surface area (Å²) in [5, 5.41) is 18.8. The van der Waals surface area contributed by atoms with Crippen LogP contribution < -0.4 is 4.90 Å². The van der Waals surface area contributed by atoms with Crippen LogP contribution in [0.4, 0.5) is 10.2 Å². The van der Waals surface area contributed by atoms with Crippen LogP contribution in [-0.2, 0) is 4.74 Å². The second-order valence-electron chi connectivity index (χ2n) is 5.10. The molecule has 0 spiro atoms. The van der Waals surface area contributed by atoms with Gasteiger partial charge in [-0.15, -0.1) is 0 Å². The van der Waals surface area contributed by atoms with E-state index in [1.165, 1.54) is 17.2 Å². The standard InChI is InChI=1S/C12H16FN5O3/c1-17(2)10-8-11(15-4-14-10)18(5-16-8)12-7(13)9(20)6(3-19)21-12/h4-7,9,12,19-20H,3H2,1-2H3/t6-,7+,9-,12-/m0/s1. The van der Waals surface area contributed by atoms with Gasteiger partial charge in [-0.25, -0.2) is 19.3 Å². The van der Waals surface area contributed by atoms with Crippen LogP contribution in [0, 0.1) is 0 Å². The van der Waals surface area contributed by atoms with E-state index in [4.69, 9.17) is 9.84 Å². The van der Waals surface area contributed by atoms with Gasteiger partial charge in [0.25, 0.3) is 0 Å². The van der Waals surface area contributed by atoms with Crippen LogP contribution >= 0.6 is 0 Å². The van der Waals surface area contributed by atoms with Gasteiger partial charge in [-0.05, 0) is 0 Å². The summed E-state index contributed by atoms with van der Waals surface area (Å²) in [4.78, 5) is 14.2. The lowest BCUT2D eigenvalue weighted by molar-refractivity contribution is -0.0459. The van der Waals surface area contributed by atoms with E-state index >= 15 is 0 Å². The molecule has 4 atom stereocenters. The van der Waals surface area contributed by atoms with Crippen LogP contribution in [0.3, 0.4) is 0 Å². The molecule has 9 heteroatoms. The SMILES string of the molecule is CN(C)c1ncnc2c1ncn2[C@H]1O[C@@H](CO)[C@H](O)[C@H]1F. The fraction of sp³-hybridized carbons (Fsp3) is 0.583. The van der Waals surface area contributed by atoms with E-state index in [1.54, 1.807) is 4.90 Å². The number of hydrogen-bond acceptors (Lipinski definition) is 7. The number of imidazole rings is 1. The number of anilines is 1. The second kappa shape index (κ2) is 5.17. The molecule has 114 valence electrons. The number of fused-ring (bicyclic) bond motifs is 1. The summed E-state index contributed by atoms with van der Waals surface area (Å²) in [6, 6.07) is 0. The Kier molecular flexibility index (Phi) is 3.47. The smallest absolute Gasteiger partial charge is 0.173 e. The minimum atomic E-state index is -1.67. The highest BCUT2D eigenvalue weighted by atomic mass is 19.1. The van der Waals surface area contributed by atoms with Crippen LogP contribution in [-0.4, -0.2) is 68.8 Å². The third-order valence-electron chi connectivity index (χ3n) is 3.51. The van der Waals surface area contributed by atoms with Crippen molar-refractivity contribution in [3.05, 3.63) is 12.7 Å². The molecule has 8 nitrogen and oxygen atoms in total. The first-order chi connectivity index (χ1) is 10.0. The molecule has 0 bridgehead atoms. The van der Waals surface area contributed by atoms with Crippen LogP contribution in [0.15, 0.2) is 12.7 Å². The number of hydrogen-bond donors (Lipinski definition) is 2. The van der Waals surface area contributed by atoms with E-state index in [-0.39, 0.29) is 0 Å². The number of ether oxygens (including phenoxy) is 1. The fourth-order valence-corrected chi connectivity index (χ4v) is 2.43. The van der Waals surface area contributed by atoms with Gasteiger partial charge in [0.1, 0.15) is 18.5 Å². The second-order valence-corrected chi connectivity index (χ2v) is 5.10. The molecular formula is C12H16FN5O3. The predicted molar refractivity (Wildman–Crippen MR) is 71.5 cm³/mol. The van der Waals surface area contributed by atoms with Crippen LogP contribution in [0.2, 0.25) is 0 Å². The van der Waals surface area contributed by atoms with Gasteiger partial charge < -0.3 is 19.8 Å². The van der Waals surface area contributed by atoms with Crippen molar-refractivity contribution >= 4 is 17.0 Å². The molecule has 0 amide bonds. The summed E-state index contributed by atoms with van der Waals surface area (Å²) in [6.07, 6.45) is -2.33. The Bertz CT molecular complexity index is 649. The lowest BCUT2D eigenvalue weighted by Crippen LogP contribution is -2.30. The molecule has 2 aromatic rings. The first kappa shape index (κ1) is 14.1. The Morgan fingerprint density at radius 3 is 2.76 bits per heavy atom. The molecule has 2 N–H and O–H groups in total. The van der Waals surface area contributed by atoms with E-state index in [9.17, 15) is 9.50 Å². The maximum Gasteiger partial charge on any atom is 0.173 e. The average molecular weight is 297 g/mol. The Balaban J connectivity index is 2.04. The molecule has 1 aliphatic rings. The molecule has 1 fully saturated rings. The molecule has 0 unspecified atom stereocenters. The Labute approximate surface area is 119 Å². The largest absolute Gasteiger partial charge is 0.394 e. The van der Waals surface area contributed by atoms with Crippen LogP contribution in [0.25, 0.3) is 11.2 Å². The third kappa shape index (κ3) is 2.13. The molecule has 3 rings (SSSR count). The zero-order chi connectivity index (χ0) is 15.1. The van der Waals surface area contributed by atoms with Crippen molar-refractivity contribution in [3.63, 3.8) is 0 Å². The van der Waals surface area contributed by atoms with Crippen molar-refractivity contribution in [1.29, 1.82) is 0 Å². The van der Waals surface area contributed by atoms with Crippen LogP contribution in [0.5, 0.6) is 0 Å². The van der Waals surface area contributed by atoms with Gasteiger partial charge >= 0.3 is 0 Å². The van der Waals surface area contributed by atoms with Crippen molar-refractivity contribution in [1.82, 2.24) is 19.5 Å². The van der Waals surface area contributed by atoms with Gasteiger partial charge in [0.2, 0.25) is 0 Å². The van der Waals surface area contributed by atoms with E-state index in [1.807, 2.05) is 14.1 Å². The quantitative estimate of drug-likeness (QED) is 0.787. The summed E-state index contributed by atoms with van der Waals surface area (Å²) in [5.74, 6) is 0.603. The Hall–Kier alpha value is -1.84. The van der Waals surface area contributed by atoms with Crippen molar-refractivity contribution in [2.45, 2.75) is 24.6 Å². The van der Waals surface area contributed by atoms with Crippen molar-refractivity contribution in [2.24, 2.45) is 0 Å². The molecule has 0 radical (unpaired) electrons. The van der Waals surface area contributed by atoms with Crippen molar-refractivity contribution in [2.75, 3.05) is 25.6 Å². The molecule has 21 heavy (non-hydrogen) atoms. The number of aliphatic hydroxyl groups is 2. The highest BCUT2D eigenvalue weighted by Crippen LogP contribution is 2.34. The van der Waals surface area contributed by atoms with Gasteiger partial charge in [0.15, 0.2) is 29.4 Å². The monoisotopic (exact) mass is 297 g/mol. The Morgan fingerprint density at radius 1 is 1.38 bits per heavy atom. The van der Waals surface area contributed by atoms with Gasteiger partial charge in [-0.3, -0.25) is 4.57 Å². The number of halogens is 1. The Morgan fingerprint density at radius 2 is 2.14 bits per heavy atom. The molecule has 3 heterocycles. The van der Waals surface area contributed by atoms with Gasteiger partial charge in [0.05, 0.1) is 12.9 Å². The van der Waals surface area contributed by atoms with E-state index in [0.717, 1.165) is 0 Å². The van der Waals surface area contributed by atoms with Crippen molar-refractivity contribution in [3.8, 4) is 0 Å².